The molecule has 0 atom stereocenters. The van der Waals surface area contributed by atoms with Crippen LogP contribution in [0.5, 0.6) is 0 Å². The number of rotatable bonds is 5. The predicted molar refractivity (Wildman–Crippen MR) is 67.4 cm³/mol. The lowest BCUT2D eigenvalue weighted by Gasteiger charge is -2.19. The second-order valence-corrected chi connectivity index (χ2v) is 4.07. The second-order valence-electron chi connectivity index (χ2n) is 3.29. The highest BCUT2D eigenvalue weighted by Crippen LogP contribution is 2.06. The molecule has 0 aromatic carbocycles. The van der Waals surface area contributed by atoms with Crippen LogP contribution in [0.15, 0.2) is 21.8 Å². The Morgan fingerprint density at radius 2 is 2.20 bits per heavy atom. The summed E-state index contributed by atoms with van der Waals surface area (Å²) in [5, 5.41) is 4.25. The summed E-state index contributed by atoms with van der Waals surface area (Å²) in [6, 6.07) is 2.13. The molecule has 1 heterocycles. The Bertz CT molecular complexity index is 289. The monoisotopic (exact) mass is 225 g/mol. The van der Waals surface area contributed by atoms with Crippen molar-refractivity contribution >= 4 is 17.3 Å². The summed E-state index contributed by atoms with van der Waals surface area (Å²) in [5.74, 6) is 0.662. The predicted octanol–water partition coefficient (Wildman–Crippen LogP) is 1.95. The maximum Gasteiger partial charge on any atom is 0.191 e. The Balaban J connectivity index is 2.36. The quantitative estimate of drug-likeness (QED) is 0.614. The van der Waals surface area contributed by atoms with Gasteiger partial charge in [0, 0.05) is 19.6 Å². The summed E-state index contributed by atoms with van der Waals surface area (Å²) in [6.45, 7) is 6.79. The highest BCUT2D eigenvalue weighted by Gasteiger charge is 2.01. The molecular weight excluding hydrogens is 206 g/mol. The number of hydrogen-bond acceptors (Lipinski definition) is 2. The number of thiophene rings is 1. The van der Waals surface area contributed by atoms with E-state index in [2.05, 4.69) is 40.6 Å². The van der Waals surface area contributed by atoms with Crippen molar-refractivity contribution in [1.82, 2.24) is 4.90 Å². The van der Waals surface area contributed by atoms with E-state index in [1.54, 1.807) is 11.3 Å². The summed E-state index contributed by atoms with van der Waals surface area (Å²) in [4.78, 5) is 6.43. The molecule has 0 aliphatic heterocycles. The largest absolute Gasteiger partial charge is 0.370 e. The minimum absolute atomic E-state index is 0.662. The first-order valence-corrected chi connectivity index (χ1v) is 6.28. The van der Waals surface area contributed by atoms with Crippen molar-refractivity contribution in [3.63, 3.8) is 0 Å². The Hall–Kier alpha value is -1.03. The van der Waals surface area contributed by atoms with Crippen molar-refractivity contribution in [2.45, 2.75) is 20.3 Å². The summed E-state index contributed by atoms with van der Waals surface area (Å²) >= 11 is 1.72. The Morgan fingerprint density at radius 1 is 1.47 bits per heavy atom. The lowest BCUT2D eigenvalue weighted by Crippen LogP contribution is -2.37. The van der Waals surface area contributed by atoms with Crippen molar-refractivity contribution < 1.29 is 0 Å². The molecule has 3 nitrogen and oxygen atoms in total. The van der Waals surface area contributed by atoms with E-state index in [1.165, 1.54) is 5.56 Å². The van der Waals surface area contributed by atoms with Gasteiger partial charge < -0.3 is 10.6 Å². The maximum absolute atomic E-state index is 5.86. The van der Waals surface area contributed by atoms with Gasteiger partial charge in [-0.2, -0.15) is 11.3 Å². The molecule has 0 radical (unpaired) electrons. The highest BCUT2D eigenvalue weighted by atomic mass is 32.1. The lowest BCUT2D eigenvalue weighted by atomic mass is 10.2. The first kappa shape index (κ1) is 12.0. The van der Waals surface area contributed by atoms with Crippen molar-refractivity contribution in [2.75, 3.05) is 19.6 Å². The number of aliphatic imine (C=N–C) groups is 1. The minimum Gasteiger partial charge on any atom is -0.370 e. The van der Waals surface area contributed by atoms with Crippen LogP contribution in [0.1, 0.15) is 19.4 Å². The van der Waals surface area contributed by atoms with Crippen molar-refractivity contribution in [3.8, 4) is 0 Å². The van der Waals surface area contributed by atoms with Crippen molar-refractivity contribution in [1.29, 1.82) is 0 Å². The number of hydrogen-bond donors (Lipinski definition) is 1. The molecule has 0 spiro atoms. The molecule has 15 heavy (non-hydrogen) atoms. The summed E-state index contributed by atoms with van der Waals surface area (Å²) < 4.78 is 0. The van der Waals surface area contributed by atoms with Gasteiger partial charge in [0.15, 0.2) is 5.96 Å². The second kappa shape index (κ2) is 6.45. The molecule has 0 aliphatic carbocycles. The van der Waals surface area contributed by atoms with Crippen LogP contribution in [0.4, 0.5) is 0 Å². The highest BCUT2D eigenvalue weighted by molar-refractivity contribution is 7.07. The molecule has 2 N–H and O–H groups in total. The fourth-order valence-electron chi connectivity index (χ4n) is 1.38. The molecule has 0 saturated heterocycles. The molecule has 84 valence electrons. The average Bonchev–Trinajstić information content (AvgIpc) is 2.72. The Labute approximate surface area is 95.6 Å². The third-order valence-corrected chi connectivity index (χ3v) is 3.07. The van der Waals surface area contributed by atoms with Gasteiger partial charge >= 0.3 is 0 Å². The fraction of sp³-hybridized carbons (Fsp3) is 0.545. The third-order valence-electron chi connectivity index (χ3n) is 2.34. The van der Waals surface area contributed by atoms with Crippen LogP contribution in [0.3, 0.4) is 0 Å². The molecule has 1 rings (SSSR count). The van der Waals surface area contributed by atoms with Crippen LogP contribution < -0.4 is 5.73 Å². The SMILES string of the molecule is CCN(CC)C(N)=NCCc1ccsc1. The zero-order chi connectivity index (χ0) is 11.1. The van der Waals surface area contributed by atoms with Crippen molar-refractivity contribution in [2.24, 2.45) is 10.7 Å². The van der Waals surface area contributed by atoms with E-state index in [4.69, 9.17) is 5.73 Å². The summed E-state index contributed by atoms with van der Waals surface area (Å²) in [6.07, 6.45) is 0.978. The van der Waals surface area contributed by atoms with Crippen LogP contribution in [-0.4, -0.2) is 30.5 Å². The summed E-state index contributed by atoms with van der Waals surface area (Å²) in [5.41, 5.74) is 7.20. The van der Waals surface area contributed by atoms with Crippen LogP contribution in [0, 0.1) is 0 Å². The average molecular weight is 225 g/mol. The summed E-state index contributed by atoms with van der Waals surface area (Å²) in [7, 11) is 0. The molecule has 0 aliphatic rings. The first-order valence-electron chi connectivity index (χ1n) is 5.33. The molecule has 0 unspecified atom stereocenters. The van der Waals surface area contributed by atoms with Gasteiger partial charge in [-0.05, 0) is 42.7 Å². The van der Waals surface area contributed by atoms with E-state index >= 15 is 0 Å². The zero-order valence-corrected chi connectivity index (χ0v) is 10.3. The van der Waals surface area contributed by atoms with Crippen LogP contribution >= 0.6 is 11.3 Å². The third kappa shape index (κ3) is 3.91. The first-order chi connectivity index (χ1) is 7.27. The molecular formula is C11H19N3S. The molecule has 1 aromatic heterocycles. The van der Waals surface area contributed by atoms with E-state index in [1.807, 2.05) is 0 Å². The van der Waals surface area contributed by atoms with E-state index < -0.39 is 0 Å². The van der Waals surface area contributed by atoms with E-state index in [0.717, 1.165) is 26.1 Å². The van der Waals surface area contributed by atoms with Gasteiger partial charge in [-0.25, -0.2) is 0 Å². The number of nitrogens with two attached hydrogens (primary N) is 1. The van der Waals surface area contributed by atoms with Gasteiger partial charge in [-0.3, -0.25) is 4.99 Å². The molecule has 0 bridgehead atoms. The van der Waals surface area contributed by atoms with Gasteiger partial charge in [0.1, 0.15) is 0 Å². The topological polar surface area (TPSA) is 41.6 Å². The van der Waals surface area contributed by atoms with E-state index in [9.17, 15) is 0 Å². The fourth-order valence-corrected chi connectivity index (χ4v) is 2.09. The standard InChI is InChI=1S/C11H19N3S/c1-3-14(4-2)11(12)13-7-5-10-6-8-15-9-10/h6,8-9H,3-5,7H2,1-2H3,(H2,12,13). The molecule has 0 fully saturated rings. The van der Waals surface area contributed by atoms with Gasteiger partial charge in [-0.1, -0.05) is 0 Å². The van der Waals surface area contributed by atoms with E-state index in [-0.39, 0.29) is 0 Å². The number of nitrogens with zero attached hydrogens (tertiary/aromatic N) is 2. The normalized spacial score (nSPS) is 11.7. The number of guanidine groups is 1. The van der Waals surface area contributed by atoms with Crippen LogP contribution in [0.25, 0.3) is 0 Å². The van der Waals surface area contributed by atoms with Gasteiger partial charge in [0.25, 0.3) is 0 Å². The smallest absolute Gasteiger partial charge is 0.191 e. The lowest BCUT2D eigenvalue weighted by molar-refractivity contribution is 0.458. The van der Waals surface area contributed by atoms with Crippen LogP contribution in [-0.2, 0) is 6.42 Å². The molecule has 0 saturated carbocycles. The molecule has 4 heteroatoms. The Morgan fingerprint density at radius 3 is 2.73 bits per heavy atom. The minimum atomic E-state index is 0.662. The molecule has 1 aromatic rings. The van der Waals surface area contributed by atoms with Crippen LogP contribution in [0.2, 0.25) is 0 Å². The van der Waals surface area contributed by atoms with E-state index in [0.29, 0.717) is 5.96 Å². The van der Waals surface area contributed by atoms with Gasteiger partial charge in [-0.15, -0.1) is 0 Å². The molecule has 0 amide bonds. The van der Waals surface area contributed by atoms with Gasteiger partial charge in [0.05, 0.1) is 0 Å². The van der Waals surface area contributed by atoms with Gasteiger partial charge in [0.2, 0.25) is 0 Å². The Kier molecular flexibility index (Phi) is 5.18. The zero-order valence-electron chi connectivity index (χ0n) is 9.44. The maximum atomic E-state index is 5.86. The van der Waals surface area contributed by atoms with Crippen molar-refractivity contribution in [3.05, 3.63) is 22.4 Å².